The molecule has 172 valence electrons. The number of carbonyl (C=O) groups excluding carboxylic acids is 1. The zero-order chi connectivity index (χ0) is 23.3. The number of hydrogen-bond donors (Lipinski definition) is 1. The topological polar surface area (TPSA) is 93.4 Å². The largest absolute Gasteiger partial charge is 0.416 e. The van der Waals surface area contributed by atoms with Crippen LogP contribution in [0.1, 0.15) is 21.5 Å². The SMILES string of the molecule is Cc1ccccc1-c1nnc(-c2ccc(C(=O)NCc3ccc(N4CCOCC4)nc3)cc2)o1. The Morgan fingerprint density at radius 1 is 0.971 bits per heavy atom. The minimum atomic E-state index is -0.157. The van der Waals surface area contributed by atoms with Crippen LogP contribution in [0.3, 0.4) is 0 Å². The molecular weight excluding hydrogens is 430 g/mol. The molecule has 0 saturated carbocycles. The number of ether oxygens (including phenoxy) is 1. The Hall–Kier alpha value is -4.04. The van der Waals surface area contributed by atoms with E-state index in [1.165, 1.54) is 0 Å². The van der Waals surface area contributed by atoms with Crippen LogP contribution in [-0.4, -0.2) is 47.4 Å². The highest BCUT2D eigenvalue weighted by atomic mass is 16.5. The van der Waals surface area contributed by atoms with Crippen molar-refractivity contribution in [2.24, 2.45) is 0 Å². The summed E-state index contributed by atoms with van der Waals surface area (Å²) in [6.07, 6.45) is 1.80. The van der Waals surface area contributed by atoms with Crippen molar-refractivity contribution in [1.82, 2.24) is 20.5 Å². The predicted octanol–water partition coefficient (Wildman–Crippen LogP) is 3.87. The summed E-state index contributed by atoms with van der Waals surface area (Å²) in [7, 11) is 0. The van der Waals surface area contributed by atoms with Gasteiger partial charge in [0.05, 0.1) is 13.2 Å². The number of amides is 1. The van der Waals surface area contributed by atoms with Gasteiger partial charge in [0.25, 0.3) is 5.91 Å². The third-order valence-electron chi connectivity index (χ3n) is 5.79. The maximum atomic E-state index is 12.6. The van der Waals surface area contributed by atoms with Crippen LogP contribution < -0.4 is 10.2 Å². The Labute approximate surface area is 197 Å². The number of morpholine rings is 1. The minimum Gasteiger partial charge on any atom is -0.416 e. The smallest absolute Gasteiger partial charge is 0.251 e. The number of nitrogens with one attached hydrogen (secondary N) is 1. The maximum Gasteiger partial charge on any atom is 0.251 e. The molecule has 0 unspecified atom stereocenters. The van der Waals surface area contributed by atoms with Crippen molar-refractivity contribution in [3.63, 3.8) is 0 Å². The van der Waals surface area contributed by atoms with E-state index < -0.39 is 0 Å². The normalized spacial score (nSPS) is 13.6. The van der Waals surface area contributed by atoms with Crippen LogP contribution in [0, 0.1) is 6.92 Å². The fourth-order valence-corrected chi connectivity index (χ4v) is 3.81. The molecule has 1 fully saturated rings. The quantitative estimate of drug-likeness (QED) is 0.472. The van der Waals surface area contributed by atoms with Gasteiger partial charge < -0.3 is 19.4 Å². The summed E-state index contributed by atoms with van der Waals surface area (Å²) in [5, 5.41) is 11.3. The van der Waals surface area contributed by atoms with Crippen molar-refractivity contribution in [2.75, 3.05) is 31.2 Å². The zero-order valence-electron chi connectivity index (χ0n) is 18.9. The van der Waals surface area contributed by atoms with E-state index in [0.29, 0.717) is 23.9 Å². The Morgan fingerprint density at radius 2 is 1.74 bits per heavy atom. The zero-order valence-corrected chi connectivity index (χ0v) is 18.9. The van der Waals surface area contributed by atoms with Gasteiger partial charge >= 0.3 is 0 Å². The number of anilines is 1. The first-order valence-electron chi connectivity index (χ1n) is 11.2. The molecule has 0 atom stereocenters. The molecule has 2 aromatic carbocycles. The van der Waals surface area contributed by atoms with Crippen LogP contribution in [0.5, 0.6) is 0 Å². The molecule has 0 bridgehead atoms. The second-order valence-electron chi connectivity index (χ2n) is 8.11. The molecule has 3 heterocycles. The molecule has 34 heavy (non-hydrogen) atoms. The van der Waals surface area contributed by atoms with Crippen LogP contribution >= 0.6 is 0 Å². The van der Waals surface area contributed by atoms with Gasteiger partial charge in [-0.05, 0) is 54.4 Å². The van der Waals surface area contributed by atoms with Gasteiger partial charge in [-0.2, -0.15) is 0 Å². The van der Waals surface area contributed by atoms with Gasteiger partial charge in [0.15, 0.2) is 0 Å². The lowest BCUT2D eigenvalue weighted by Crippen LogP contribution is -2.36. The number of carbonyl (C=O) groups is 1. The highest BCUT2D eigenvalue weighted by Gasteiger charge is 2.14. The lowest BCUT2D eigenvalue weighted by atomic mass is 10.1. The van der Waals surface area contributed by atoms with Gasteiger partial charge in [-0.1, -0.05) is 24.3 Å². The van der Waals surface area contributed by atoms with Crippen LogP contribution in [-0.2, 0) is 11.3 Å². The summed E-state index contributed by atoms with van der Waals surface area (Å²) >= 11 is 0. The number of aromatic nitrogens is 3. The monoisotopic (exact) mass is 455 g/mol. The van der Waals surface area contributed by atoms with Gasteiger partial charge in [-0.3, -0.25) is 4.79 Å². The van der Waals surface area contributed by atoms with E-state index in [0.717, 1.165) is 54.4 Å². The molecular formula is C26H25N5O3. The number of hydrogen-bond acceptors (Lipinski definition) is 7. The molecule has 0 aliphatic carbocycles. The van der Waals surface area contributed by atoms with Crippen LogP contribution in [0.15, 0.2) is 71.3 Å². The second kappa shape index (κ2) is 9.84. The van der Waals surface area contributed by atoms with Crippen LogP contribution in [0.2, 0.25) is 0 Å². The fourth-order valence-electron chi connectivity index (χ4n) is 3.81. The molecule has 1 saturated heterocycles. The number of benzene rings is 2. The minimum absolute atomic E-state index is 0.157. The summed E-state index contributed by atoms with van der Waals surface area (Å²) in [5.41, 5.74) is 4.23. The highest BCUT2D eigenvalue weighted by molar-refractivity contribution is 5.94. The van der Waals surface area contributed by atoms with Gasteiger partial charge in [0.2, 0.25) is 11.8 Å². The van der Waals surface area contributed by atoms with E-state index in [-0.39, 0.29) is 5.91 Å². The average molecular weight is 456 g/mol. The lowest BCUT2D eigenvalue weighted by Gasteiger charge is -2.27. The number of nitrogens with zero attached hydrogens (tertiary/aromatic N) is 4. The molecule has 1 aliphatic rings. The molecule has 0 spiro atoms. The van der Waals surface area contributed by atoms with Crippen molar-refractivity contribution < 1.29 is 13.9 Å². The van der Waals surface area contributed by atoms with Crippen molar-refractivity contribution in [2.45, 2.75) is 13.5 Å². The number of rotatable bonds is 6. The molecule has 1 N–H and O–H groups in total. The van der Waals surface area contributed by atoms with Crippen molar-refractivity contribution in [3.05, 3.63) is 83.6 Å². The molecule has 5 rings (SSSR count). The van der Waals surface area contributed by atoms with Crippen molar-refractivity contribution in [1.29, 1.82) is 0 Å². The first kappa shape index (κ1) is 21.8. The van der Waals surface area contributed by atoms with Gasteiger partial charge in [-0.15, -0.1) is 10.2 Å². The van der Waals surface area contributed by atoms with Gasteiger partial charge in [0.1, 0.15) is 5.82 Å². The van der Waals surface area contributed by atoms with Crippen LogP contribution in [0.25, 0.3) is 22.9 Å². The van der Waals surface area contributed by atoms with E-state index in [2.05, 4.69) is 25.4 Å². The van der Waals surface area contributed by atoms with Gasteiger partial charge in [0, 0.05) is 42.5 Å². The van der Waals surface area contributed by atoms with E-state index in [4.69, 9.17) is 9.15 Å². The Morgan fingerprint density at radius 3 is 2.47 bits per heavy atom. The first-order valence-corrected chi connectivity index (χ1v) is 11.2. The van der Waals surface area contributed by atoms with Gasteiger partial charge in [-0.25, -0.2) is 4.98 Å². The van der Waals surface area contributed by atoms with Crippen molar-refractivity contribution in [3.8, 4) is 22.9 Å². The predicted molar refractivity (Wildman–Crippen MR) is 128 cm³/mol. The molecule has 1 amide bonds. The van der Waals surface area contributed by atoms with E-state index in [1.807, 2.05) is 55.5 Å². The Balaban J connectivity index is 1.19. The molecule has 8 nitrogen and oxygen atoms in total. The first-order chi connectivity index (χ1) is 16.7. The van der Waals surface area contributed by atoms with E-state index in [9.17, 15) is 4.79 Å². The molecule has 2 aromatic heterocycles. The fraction of sp³-hybridized carbons (Fsp3) is 0.231. The maximum absolute atomic E-state index is 12.6. The second-order valence-corrected chi connectivity index (χ2v) is 8.11. The number of aryl methyl sites for hydroxylation is 1. The Kier molecular flexibility index (Phi) is 6.31. The Bertz CT molecular complexity index is 1260. The third kappa shape index (κ3) is 4.82. The molecule has 4 aromatic rings. The lowest BCUT2D eigenvalue weighted by molar-refractivity contribution is 0.0951. The van der Waals surface area contributed by atoms with E-state index in [1.54, 1.807) is 18.3 Å². The summed E-state index contributed by atoms with van der Waals surface area (Å²) in [5.74, 6) is 1.66. The molecule has 0 radical (unpaired) electrons. The summed E-state index contributed by atoms with van der Waals surface area (Å²) in [6, 6.07) is 19.0. The summed E-state index contributed by atoms with van der Waals surface area (Å²) in [4.78, 5) is 19.3. The van der Waals surface area contributed by atoms with E-state index >= 15 is 0 Å². The molecule has 8 heteroatoms. The molecule has 1 aliphatic heterocycles. The third-order valence-corrected chi connectivity index (χ3v) is 5.79. The highest BCUT2D eigenvalue weighted by Crippen LogP contribution is 2.26. The van der Waals surface area contributed by atoms with Crippen molar-refractivity contribution >= 4 is 11.7 Å². The van der Waals surface area contributed by atoms with Crippen LogP contribution in [0.4, 0.5) is 5.82 Å². The standard InChI is InChI=1S/C26H25N5O3/c1-18-4-2-3-5-22(18)26-30-29-25(34-26)21-9-7-20(8-10-21)24(32)28-17-19-6-11-23(27-16-19)31-12-14-33-15-13-31/h2-11,16H,12-15,17H2,1H3,(H,28,32). The number of pyridine rings is 1. The summed E-state index contributed by atoms with van der Waals surface area (Å²) < 4.78 is 11.2. The summed E-state index contributed by atoms with van der Waals surface area (Å²) in [6.45, 7) is 5.53. The average Bonchev–Trinajstić information content (AvgIpc) is 3.38.